The largest absolute Gasteiger partial charge is 0.490 e. The van der Waals surface area contributed by atoms with Gasteiger partial charge in [-0.1, -0.05) is 6.07 Å². The van der Waals surface area contributed by atoms with Crippen LogP contribution in [0.1, 0.15) is 10.4 Å². The second-order valence-electron chi connectivity index (χ2n) is 2.56. The molecule has 0 bridgehead atoms. The van der Waals surface area contributed by atoms with Gasteiger partial charge in [0.15, 0.2) is 0 Å². The minimum atomic E-state index is -0.865. The fourth-order valence-corrected chi connectivity index (χ4v) is 1.12. The summed E-state index contributed by atoms with van der Waals surface area (Å²) < 4.78 is 4.75. The number of nitrogens with one attached hydrogen (secondary N) is 1. The van der Waals surface area contributed by atoms with E-state index in [0.717, 1.165) is 0 Å². The average Bonchev–Trinajstić information content (AvgIpc) is 2.26. The molecule has 0 heterocycles. The van der Waals surface area contributed by atoms with Crippen molar-refractivity contribution >= 4 is 11.6 Å². The van der Waals surface area contributed by atoms with Crippen molar-refractivity contribution in [3.8, 4) is 5.75 Å². The van der Waals surface area contributed by atoms with Crippen LogP contribution in [0.5, 0.6) is 5.75 Å². The third-order valence-corrected chi connectivity index (χ3v) is 1.74. The summed E-state index contributed by atoms with van der Waals surface area (Å²) >= 11 is 0. The molecule has 1 amide bonds. The summed E-state index contributed by atoms with van der Waals surface area (Å²) in [6, 6.07) is 3.83. The van der Waals surface area contributed by atoms with Crippen LogP contribution in [-0.2, 0) is 0 Å². The Bertz CT molecular complexity index is 404. The molecule has 0 radical (unpaired) electrons. The lowest BCUT2D eigenvalue weighted by Crippen LogP contribution is -2.19. The predicted octanol–water partition coefficient (Wildman–Crippen LogP) is 0.722. The number of hydrogen-bond acceptors (Lipinski definition) is 5. The Morgan fingerprint density at radius 1 is 1.60 bits per heavy atom. The lowest BCUT2D eigenvalue weighted by molar-refractivity contribution is -0.385. The van der Waals surface area contributed by atoms with Crippen molar-refractivity contribution in [3.05, 3.63) is 33.9 Å². The van der Waals surface area contributed by atoms with E-state index in [9.17, 15) is 14.9 Å². The molecule has 0 aliphatic heterocycles. The minimum Gasteiger partial charge on any atom is -0.490 e. The van der Waals surface area contributed by atoms with Gasteiger partial charge in [0.1, 0.15) is 0 Å². The van der Waals surface area contributed by atoms with Crippen molar-refractivity contribution in [1.82, 2.24) is 5.48 Å². The van der Waals surface area contributed by atoms with Crippen LogP contribution in [0.3, 0.4) is 0 Å². The summed E-state index contributed by atoms with van der Waals surface area (Å²) in [5.74, 6) is -1.05. The highest BCUT2D eigenvalue weighted by Crippen LogP contribution is 2.30. The number of amides is 1. The zero-order chi connectivity index (χ0) is 11.4. The SMILES string of the molecule is COc1c(C(=O)NO)cccc1[N+](=O)[O-]. The van der Waals surface area contributed by atoms with Gasteiger partial charge in [-0.05, 0) is 6.07 Å². The molecule has 80 valence electrons. The number of rotatable bonds is 3. The Morgan fingerprint density at radius 3 is 2.73 bits per heavy atom. The van der Waals surface area contributed by atoms with Gasteiger partial charge >= 0.3 is 5.69 Å². The summed E-state index contributed by atoms with van der Waals surface area (Å²) in [7, 11) is 1.20. The maximum absolute atomic E-state index is 11.1. The monoisotopic (exact) mass is 212 g/mol. The van der Waals surface area contributed by atoms with E-state index in [-0.39, 0.29) is 17.0 Å². The highest BCUT2D eigenvalue weighted by molar-refractivity contribution is 5.97. The number of benzene rings is 1. The van der Waals surface area contributed by atoms with E-state index >= 15 is 0 Å². The number of carbonyl (C=O) groups excluding carboxylic acids is 1. The van der Waals surface area contributed by atoms with Crippen LogP contribution in [-0.4, -0.2) is 23.1 Å². The van der Waals surface area contributed by atoms with E-state index in [4.69, 9.17) is 9.94 Å². The maximum Gasteiger partial charge on any atom is 0.311 e. The molecule has 2 N–H and O–H groups in total. The van der Waals surface area contributed by atoms with Crippen LogP contribution in [0, 0.1) is 10.1 Å². The number of nitro benzene ring substituents is 1. The zero-order valence-electron chi connectivity index (χ0n) is 7.76. The lowest BCUT2D eigenvalue weighted by Gasteiger charge is -2.06. The smallest absolute Gasteiger partial charge is 0.311 e. The predicted molar refractivity (Wildman–Crippen MR) is 48.9 cm³/mol. The van der Waals surface area contributed by atoms with Crippen molar-refractivity contribution in [2.24, 2.45) is 0 Å². The molecule has 0 saturated heterocycles. The van der Waals surface area contributed by atoms with Gasteiger partial charge in [-0.2, -0.15) is 0 Å². The summed E-state index contributed by atoms with van der Waals surface area (Å²) in [5.41, 5.74) is 0.943. The quantitative estimate of drug-likeness (QED) is 0.436. The molecule has 0 unspecified atom stereocenters. The third-order valence-electron chi connectivity index (χ3n) is 1.74. The Balaban J connectivity index is 3.34. The van der Waals surface area contributed by atoms with E-state index in [1.54, 1.807) is 0 Å². The van der Waals surface area contributed by atoms with Crippen LogP contribution < -0.4 is 10.2 Å². The zero-order valence-corrected chi connectivity index (χ0v) is 7.76. The number of hydrogen-bond donors (Lipinski definition) is 2. The van der Waals surface area contributed by atoms with E-state index < -0.39 is 10.8 Å². The van der Waals surface area contributed by atoms with Crippen LogP contribution in [0.25, 0.3) is 0 Å². The van der Waals surface area contributed by atoms with E-state index in [1.807, 2.05) is 0 Å². The van der Waals surface area contributed by atoms with Crippen LogP contribution in [0.4, 0.5) is 5.69 Å². The molecular weight excluding hydrogens is 204 g/mol. The number of ether oxygens (including phenoxy) is 1. The van der Waals surface area contributed by atoms with Gasteiger partial charge in [-0.3, -0.25) is 20.1 Å². The fourth-order valence-electron chi connectivity index (χ4n) is 1.12. The van der Waals surface area contributed by atoms with Crippen molar-refractivity contribution in [1.29, 1.82) is 0 Å². The van der Waals surface area contributed by atoms with Gasteiger partial charge in [-0.25, -0.2) is 5.48 Å². The highest BCUT2D eigenvalue weighted by Gasteiger charge is 2.21. The number of methoxy groups -OCH3 is 1. The molecule has 0 spiro atoms. The number of carbonyl (C=O) groups is 1. The van der Waals surface area contributed by atoms with Crippen LogP contribution in [0.15, 0.2) is 18.2 Å². The van der Waals surface area contributed by atoms with Crippen molar-refractivity contribution in [2.45, 2.75) is 0 Å². The molecule has 1 rings (SSSR count). The lowest BCUT2D eigenvalue weighted by atomic mass is 10.1. The average molecular weight is 212 g/mol. The van der Waals surface area contributed by atoms with Gasteiger partial charge in [-0.15, -0.1) is 0 Å². The fraction of sp³-hybridized carbons (Fsp3) is 0.125. The molecule has 0 aromatic heterocycles. The van der Waals surface area contributed by atoms with Gasteiger partial charge in [0.25, 0.3) is 5.91 Å². The number of nitro groups is 1. The normalized spacial score (nSPS) is 9.47. The first-order valence-electron chi connectivity index (χ1n) is 3.87. The molecule has 7 nitrogen and oxygen atoms in total. The molecule has 0 saturated carbocycles. The standard InChI is InChI=1S/C8H8N2O5/c1-15-7-5(8(11)9-12)3-2-4-6(7)10(13)14/h2-4,12H,1H3,(H,9,11). The second-order valence-corrected chi connectivity index (χ2v) is 2.56. The van der Waals surface area contributed by atoms with E-state index in [2.05, 4.69) is 0 Å². The molecule has 1 aromatic rings. The Morgan fingerprint density at radius 2 is 2.27 bits per heavy atom. The number of nitrogens with zero attached hydrogens (tertiary/aromatic N) is 1. The van der Waals surface area contributed by atoms with Crippen molar-refractivity contribution in [2.75, 3.05) is 7.11 Å². The highest BCUT2D eigenvalue weighted by atomic mass is 16.6. The van der Waals surface area contributed by atoms with Crippen molar-refractivity contribution in [3.63, 3.8) is 0 Å². The van der Waals surface area contributed by atoms with E-state index in [0.29, 0.717) is 0 Å². The van der Waals surface area contributed by atoms with Crippen molar-refractivity contribution < 1.29 is 19.7 Å². The molecule has 7 heteroatoms. The molecule has 0 aliphatic carbocycles. The molecule has 0 aliphatic rings. The molecule has 0 atom stereocenters. The number of hydroxylamine groups is 1. The molecule has 1 aromatic carbocycles. The first kappa shape index (κ1) is 10.9. The van der Waals surface area contributed by atoms with Gasteiger partial charge in [0.2, 0.25) is 5.75 Å². The van der Waals surface area contributed by atoms with Crippen LogP contribution >= 0.6 is 0 Å². The molecule has 0 fully saturated rings. The number of para-hydroxylation sites is 1. The second kappa shape index (κ2) is 4.38. The first-order chi connectivity index (χ1) is 7.11. The minimum absolute atomic E-state index is 0.103. The summed E-state index contributed by atoms with van der Waals surface area (Å²) in [6.45, 7) is 0. The Labute approximate surface area is 84.4 Å². The van der Waals surface area contributed by atoms with Gasteiger partial charge in [0, 0.05) is 6.07 Å². The van der Waals surface area contributed by atoms with Gasteiger partial charge < -0.3 is 4.74 Å². The van der Waals surface area contributed by atoms with Crippen LogP contribution in [0.2, 0.25) is 0 Å². The van der Waals surface area contributed by atoms with Gasteiger partial charge in [0.05, 0.1) is 17.6 Å². The molecular formula is C8H8N2O5. The summed E-state index contributed by atoms with van der Waals surface area (Å²) in [4.78, 5) is 21.0. The molecule has 15 heavy (non-hydrogen) atoms. The Hall–Kier alpha value is -2.15. The topological polar surface area (TPSA) is 102 Å². The van der Waals surface area contributed by atoms with E-state index in [1.165, 1.54) is 30.8 Å². The first-order valence-corrected chi connectivity index (χ1v) is 3.87. The maximum atomic E-state index is 11.1. The summed E-state index contributed by atoms with van der Waals surface area (Å²) in [6.07, 6.45) is 0. The Kier molecular flexibility index (Phi) is 3.19. The third kappa shape index (κ3) is 2.02. The summed E-state index contributed by atoms with van der Waals surface area (Å²) in [5, 5.41) is 19.0.